The van der Waals surface area contributed by atoms with Crippen molar-refractivity contribution in [2.45, 2.75) is 20.8 Å². The average molecular weight is 363 g/mol. The number of hydrogen-bond donors (Lipinski definition) is 2. The van der Waals surface area contributed by atoms with Gasteiger partial charge in [-0.15, -0.1) is 0 Å². The second-order valence-electron chi connectivity index (χ2n) is 4.49. The van der Waals surface area contributed by atoms with E-state index in [4.69, 9.17) is 0 Å². The van der Waals surface area contributed by atoms with E-state index in [-0.39, 0.29) is 22.7 Å². The molecule has 26 heavy (non-hydrogen) atoms. The molecular weight excluding hydrogens is 342 g/mol. The molecule has 2 N–H and O–H groups in total. The van der Waals surface area contributed by atoms with Gasteiger partial charge in [-0.3, -0.25) is 14.9 Å². The zero-order valence-corrected chi connectivity index (χ0v) is 15.0. The minimum Gasteiger partial charge on any atom is -0.504 e. The number of carbonyl (C=O) groups excluding carboxylic acids is 2. The number of amides is 1. The molecule has 1 aromatic rings. The SMILES string of the molecule is C=C(/C=C(\C=C(/C)C(=O)Nc1ncccc1O)C(=O)OC)[N+](=O)[O-].CC. The van der Waals surface area contributed by atoms with Crippen LogP contribution >= 0.6 is 0 Å². The van der Waals surface area contributed by atoms with Crippen LogP contribution < -0.4 is 5.32 Å². The molecule has 0 aliphatic rings. The van der Waals surface area contributed by atoms with Crippen molar-refractivity contribution in [1.29, 1.82) is 0 Å². The summed E-state index contributed by atoms with van der Waals surface area (Å²) in [5.41, 5.74) is -0.729. The van der Waals surface area contributed by atoms with Crippen molar-refractivity contribution in [2.75, 3.05) is 12.4 Å². The molecule has 1 rings (SSSR count). The van der Waals surface area contributed by atoms with E-state index >= 15 is 0 Å². The van der Waals surface area contributed by atoms with E-state index in [1.165, 1.54) is 25.3 Å². The first-order valence-corrected chi connectivity index (χ1v) is 7.53. The second kappa shape index (κ2) is 11.1. The summed E-state index contributed by atoms with van der Waals surface area (Å²) < 4.78 is 4.51. The molecule has 9 nitrogen and oxygen atoms in total. The quantitative estimate of drug-likeness (QED) is 0.261. The molecule has 0 unspecified atom stereocenters. The predicted molar refractivity (Wildman–Crippen MR) is 95.9 cm³/mol. The molecule has 0 bridgehead atoms. The molecule has 140 valence electrons. The van der Waals surface area contributed by atoms with Gasteiger partial charge in [0, 0.05) is 17.8 Å². The van der Waals surface area contributed by atoms with Crippen LogP contribution in [0.2, 0.25) is 0 Å². The highest BCUT2D eigenvalue weighted by Crippen LogP contribution is 2.19. The zero-order chi connectivity index (χ0) is 20.3. The van der Waals surface area contributed by atoms with Gasteiger partial charge in [-0.2, -0.15) is 0 Å². The molecule has 0 aliphatic heterocycles. The number of nitrogens with one attached hydrogen (secondary N) is 1. The first kappa shape index (κ1) is 22.5. The van der Waals surface area contributed by atoms with Crippen molar-refractivity contribution in [3.63, 3.8) is 0 Å². The Kier molecular flexibility index (Phi) is 9.64. The average Bonchev–Trinajstić information content (AvgIpc) is 2.63. The number of ether oxygens (including phenoxy) is 1. The van der Waals surface area contributed by atoms with Crippen LogP contribution in [-0.2, 0) is 14.3 Å². The molecule has 1 amide bonds. The number of aromatic nitrogens is 1. The van der Waals surface area contributed by atoms with E-state index in [2.05, 4.69) is 21.6 Å². The fourth-order valence-electron chi connectivity index (χ4n) is 1.51. The summed E-state index contributed by atoms with van der Waals surface area (Å²) in [6, 6.07) is 2.82. The number of esters is 1. The van der Waals surface area contributed by atoms with E-state index in [9.17, 15) is 24.8 Å². The largest absolute Gasteiger partial charge is 0.504 e. The normalized spacial score (nSPS) is 10.9. The third-order valence-electron chi connectivity index (χ3n) is 2.73. The van der Waals surface area contributed by atoms with E-state index in [1.807, 2.05) is 13.8 Å². The lowest BCUT2D eigenvalue weighted by Crippen LogP contribution is -2.15. The lowest BCUT2D eigenvalue weighted by atomic mass is 10.1. The minimum atomic E-state index is -0.870. The topological polar surface area (TPSA) is 132 Å². The summed E-state index contributed by atoms with van der Waals surface area (Å²) in [7, 11) is 1.10. The van der Waals surface area contributed by atoms with Crippen molar-refractivity contribution in [1.82, 2.24) is 4.98 Å². The summed E-state index contributed by atoms with van der Waals surface area (Å²) in [5.74, 6) is -1.82. The molecule has 0 fully saturated rings. The van der Waals surface area contributed by atoms with Gasteiger partial charge in [-0.1, -0.05) is 13.8 Å². The van der Waals surface area contributed by atoms with Crippen molar-refractivity contribution in [3.05, 3.63) is 64.0 Å². The van der Waals surface area contributed by atoms with Crippen molar-refractivity contribution in [2.24, 2.45) is 0 Å². The number of nitro groups is 1. The fraction of sp³-hybridized carbons (Fsp3) is 0.235. The first-order chi connectivity index (χ1) is 12.3. The van der Waals surface area contributed by atoms with Crippen LogP contribution in [0.1, 0.15) is 20.8 Å². The monoisotopic (exact) mass is 363 g/mol. The summed E-state index contributed by atoms with van der Waals surface area (Å²) in [6.07, 6.45) is 3.37. The van der Waals surface area contributed by atoms with Crippen molar-refractivity contribution in [3.8, 4) is 5.75 Å². The third kappa shape index (κ3) is 6.95. The molecule has 0 spiro atoms. The molecule has 1 heterocycles. The maximum absolute atomic E-state index is 12.1. The third-order valence-corrected chi connectivity index (χ3v) is 2.73. The van der Waals surface area contributed by atoms with Gasteiger partial charge in [0.2, 0.25) is 0 Å². The maximum Gasteiger partial charge on any atom is 0.338 e. The number of methoxy groups -OCH3 is 1. The number of allylic oxidation sites excluding steroid dienone is 1. The minimum absolute atomic E-state index is 0.0350. The Morgan fingerprint density at radius 3 is 2.50 bits per heavy atom. The van der Waals surface area contributed by atoms with Crippen LogP contribution in [0, 0.1) is 10.1 Å². The molecule has 0 atom stereocenters. The molecule has 1 aromatic heterocycles. The fourth-order valence-corrected chi connectivity index (χ4v) is 1.51. The van der Waals surface area contributed by atoms with Crippen LogP contribution in [0.15, 0.2) is 53.9 Å². The maximum atomic E-state index is 12.1. The number of aromatic hydroxyl groups is 1. The van der Waals surface area contributed by atoms with Gasteiger partial charge in [-0.05, 0) is 31.7 Å². The Balaban J connectivity index is 0.00000301. The van der Waals surface area contributed by atoms with Crippen LogP contribution in [0.3, 0.4) is 0 Å². The number of rotatable bonds is 6. The highest BCUT2D eigenvalue weighted by atomic mass is 16.6. The highest BCUT2D eigenvalue weighted by molar-refractivity contribution is 6.05. The lowest BCUT2D eigenvalue weighted by molar-refractivity contribution is -0.418. The molecule has 0 radical (unpaired) electrons. The van der Waals surface area contributed by atoms with Gasteiger partial charge in [0.15, 0.2) is 11.6 Å². The molecule has 0 saturated carbocycles. The second-order valence-corrected chi connectivity index (χ2v) is 4.49. The Morgan fingerprint density at radius 2 is 2.00 bits per heavy atom. The van der Waals surface area contributed by atoms with Gasteiger partial charge in [0.1, 0.15) is 0 Å². The van der Waals surface area contributed by atoms with Crippen LogP contribution in [-0.4, -0.2) is 34.0 Å². The number of carbonyl (C=O) groups is 2. The summed E-state index contributed by atoms with van der Waals surface area (Å²) in [6.45, 7) is 8.56. The van der Waals surface area contributed by atoms with E-state index in [0.717, 1.165) is 19.3 Å². The van der Waals surface area contributed by atoms with E-state index in [0.29, 0.717) is 0 Å². The van der Waals surface area contributed by atoms with Gasteiger partial charge >= 0.3 is 5.97 Å². The standard InChI is InChI=1S/C15H15N3O6.C2H6/c1-9(14(20)17-13-12(19)5-4-6-16-13)7-11(15(21)24-3)8-10(2)18(22)23;1-2/h4-8,19H,2H2,1,3H3,(H,16,17,20);1-2H3/b9-7+,11-8+;. The number of hydrogen-bond acceptors (Lipinski definition) is 7. The zero-order valence-electron chi connectivity index (χ0n) is 15.0. The Hall–Kier alpha value is -3.49. The number of nitrogens with zero attached hydrogens (tertiary/aromatic N) is 2. The van der Waals surface area contributed by atoms with E-state index < -0.39 is 22.5 Å². The number of pyridine rings is 1. The Bertz CT molecular complexity index is 753. The summed E-state index contributed by atoms with van der Waals surface area (Å²) in [4.78, 5) is 37.3. The first-order valence-electron chi connectivity index (χ1n) is 7.53. The molecular formula is C17H21N3O6. The summed E-state index contributed by atoms with van der Waals surface area (Å²) in [5, 5.41) is 22.5. The van der Waals surface area contributed by atoms with Crippen LogP contribution in [0.25, 0.3) is 0 Å². The van der Waals surface area contributed by atoms with Crippen LogP contribution in [0.5, 0.6) is 5.75 Å². The Morgan fingerprint density at radius 1 is 1.38 bits per heavy atom. The molecule has 0 saturated heterocycles. The van der Waals surface area contributed by atoms with Crippen molar-refractivity contribution >= 4 is 17.7 Å². The number of anilines is 1. The van der Waals surface area contributed by atoms with Gasteiger partial charge in [0.25, 0.3) is 11.6 Å². The predicted octanol–water partition coefficient (Wildman–Crippen LogP) is 2.59. The van der Waals surface area contributed by atoms with Crippen molar-refractivity contribution < 1.29 is 24.4 Å². The van der Waals surface area contributed by atoms with Gasteiger partial charge in [0.05, 0.1) is 17.6 Å². The smallest absolute Gasteiger partial charge is 0.338 e. The lowest BCUT2D eigenvalue weighted by Gasteiger charge is -2.07. The molecule has 0 aliphatic carbocycles. The highest BCUT2D eigenvalue weighted by Gasteiger charge is 2.15. The summed E-state index contributed by atoms with van der Waals surface area (Å²) >= 11 is 0. The van der Waals surface area contributed by atoms with Gasteiger partial charge < -0.3 is 15.2 Å². The van der Waals surface area contributed by atoms with Gasteiger partial charge in [-0.25, -0.2) is 9.78 Å². The van der Waals surface area contributed by atoms with Crippen LogP contribution in [0.4, 0.5) is 5.82 Å². The van der Waals surface area contributed by atoms with E-state index in [1.54, 1.807) is 0 Å². The molecule has 0 aromatic carbocycles. The Labute approximate surface area is 150 Å². The molecule has 9 heteroatoms.